The van der Waals surface area contributed by atoms with Gasteiger partial charge in [0.25, 0.3) is 5.56 Å². The third kappa shape index (κ3) is 4.26. The van der Waals surface area contributed by atoms with Gasteiger partial charge in [0.05, 0.1) is 12.8 Å². The lowest BCUT2D eigenvalue weighted by molar-refractivity contribution is 0.415. The van der Waals surface area contributed by atoms with Gasteiger partial charge in [-0.15, -0.1) is 0 Å². The average molecular weight is 302 g/mol. The molecule has 0 saturated heterocycles. The van der Waals surface area contributed by atoms with Crippen molar-refractivity contribution in [2.24, 2.45) is 0 Å². The summed E-state index contributed by atoms with van der Waals surface area (Å²) in [4.78, 5) is 12.0. The van der Waals surface area contributed by atoms with Crippen molar-refractivity contribution in [2.75, 3.05) is 7.11 Å². The molecule has 2 N–H and O–H groups in total. The van der Waals surface area contributed by atoms with Crippen LogP contribution in [0.3, 0.4) is 0 Å². The summed E-state index contributed by atoms with van der Waals surface area (Å²) in [7, 11) is 1.65. The summed E-state index contributed by atoms with van der Waals surface area (Å²) in [6.45, 7) is 2.22. The number of hydrogen-bond acceptors (Lipinski definition) is 2. The minimum Gasteiger partial charge on any atom is -0.497 e. The number of benzene rings is 1. The number of methoxy groups -OCH3 is 1. The van der Waals surface area contributed by atoms with Gasteiger partial charge in [-0.3, -0.25) is 15.0 Å². The number of ether oxygens (including phenoxy) is 1. The fourth-order valence-electron chi connectivity index (χ4n) is 2.71. The number of nitrogens with one attached hydrogen (secondary N) is 2. The van der Waals surface area contributed by atoms with Crippen molar-refractivity contribution in [1.82, 2.24) is 10.2 Å². The Bertz CT molecular complexity index is 611. The van der Waals surface area contributed by atoms with E-state index in [4.69, 9.17) is 4.74 Å². The van der Waals surface area contributed by atoms with Crippen LogP contribution in [-0.4, -0.2) is 17.3 Å². The van der Waals surface area contributed by atoms with Crippen molar-refractivity contribution in [3.63, 3.8) is 0 Å². The molecule has 4 nitrogen and oxygen atoms in total. The highest BCUT2D eigenvalue weighted by Gasteiger charge is 2.11. The average Bonchev–Trinajstić information content (AvgIpc) is 2.92. The maximum Gasteiger partial charge on any atom is 0.267 e. The zero-order chi connectivity index (χ0) is 15.8. The third-order valence-electron chi connectivity index (χ3n) is 4.04. The van der Waals surface area contributed by atoms with E-state index in [9.17, 15) is 4.79 Å². The van der Waals surface area contributed by atoms with Crippen LogP contribution in [0.25, 0.3) is 11.3 Å². The first-order valence-corrected chi connectivity index (χ1v) is 8.20. The number of H-pyrrole nitrogens is 2. The van der Waals surface area contributed by atoms with E-state index in [0.717, 1.165) is 35.4 Å². The fourth-order valence-corrected chi connectivity index (χ4v) is 2.71. The molecular weight excluding hydrogens is 276 g/mol. The summed E-state index contributed by atoms with van der Waals surface area (Å²) in [5, 5.41) is 5.72. The van der Waals surface area contributed by atoms with Crippen LogP contribution < -0.4 is 10.3 Å². The van der Waals surface area contributed by atoms with Crippen LogP contribution in [0.4, 0.5) is 0 Å². The standard InChI is InChI=1S/C18H26N2O2/c1-3-4-5-6-7-8-9-16-17(19-20-18(16)21)14-10-12-15(22-2)13-11-14/h10-13H,3-9H2,1-2H3,(H2,19,20,21). The van der Waals surface area contributed by atoms with E-state index in [2.05, 4.69) is 17.1 Å². The number of aromatic nitrogens is 2. The van der Waals surface area contributed by atoms with Crippen LogP contribution in [0.1, 0.15) is 51.0 Å². The Morgan fingerprint density at radius 3 is 2.32 bits per heavy atom. The molecule has 2 aromatic rings. The Hall–Kier alpha value is -1.97. The van der Waals surface area contributed by atoms with Gasteiger partial charge in [-0.1, -0.05) is 39.0 Å². The molecule has 0 saturated carbocycles. The van der Waals surface area contributed by atoms with Crippen molar-refractivity contribution in [3.8, 4) is 17.0 Å². The van der Waals surface area contributed by atoms with E-state index >= 15 is 0 Å². The molecular formula is C18H26N2O2. The van der Waals surface area contributed by atoms with Crippen molar-refractivity contribution >= 4 is 0 Å². The van der Waals surface area contributed by atoms with E-state index in [0.29, 0.717) is 0 Å². The van der Waals surface area contributed by atoms with Gasteiger partial charge in [0, 0.05) is 11.1 Å². The van der Waals surface area contributed by atoms with Gasteiger partial charge in [0.1, 0.15) is 5.75 Å². The molecule has 0 aliphatic rings. The SMILES string of the molecule is CCCCCCCCc1c(-c2ccc(OC)cc2)[nH][nH]c1=O. The number of hydrogen-bond donors (Lipinski definition) is 2. The van der Waals surface area contributed by atoms with Gasteiger partial charge in [0.2, 0.25) is 0 Å². The summed E-state index contributed by atoms with van der Waals surface area (Å²) in [5.41, 5.74) is 2.78. The lowest BCUT2D eigenvalue weighted by Gasteiger charge is -2.05. The maximum atomic E-state index is 12.0. The van der Waals surface area contributed by atoms with E-state index < -0.39 is 0 Å². The number of unbranched alkanes of at least 4 members (excludes halogenated alkanes) is 5. The molecule has 1 aromatic heterocycles. The van der Waals surface area contributed by atoms with Crippen LogP contribution in [0.2, 0.25) is 0 Å². The van der Waals surface area contributed by atoms with Crippen LogP contribution in [0.5, 0.6) is 5.75 Å². The Labute approximate surface area is 131 Å². The molecule has 2 rings (SSSR count). The second-order valence-electron chi connectivity index (χ2n) is 5.68. The van der Waals surface area contributed by atoms with E-state index in [-0.39, 0.29) is 5.56 Å². The molecule has 0 radical (unpaired) electrons. The number of aromatic amines is 2. The zero-order valence-electron chi connectivity index (χ0n) is 13.6. The molecule has 0 unspecified atom stereocenters. The quantitative estimate of drug-likeness (QED) is 0.679. The van der Waals surface area contributed by atoms with Crippen molar-refractivity contribution < 1.29 is 4.74 Å². The van der Waals surface area contributed by atoms with Gasteiger partial charge >= 0.3 is 0 Å². The van der Waals surface area contributed by atoms with Gasteiger partial charge in [-0.05, 0) is 37.1 Å². The van der Waals surface area contributed by atoms with E-state index in [1.807, 2.05) is 24.3 Å². The topological polar surface area (TPSA) is 57.9 Å². The summed E-state index contributed by atoms with van der Waals surface area (Å²) < 4.78 is 5.17. The normalized spacial score (nSPS) is 10.8. The van der Waals surface area contributed by atoms with Crippen molar-refractivity contribution in [2.45, 2.75) is 51.9 Å². The lowest BCUT2D eigenvalue weighted by Crippen LogP contribution is -2.06. The molecule has 4 heteroatoms. The Morgan fingerprint density at radius 1 is 0.955 bits per heavy atom. The summed E-state index contributed by atoms with van der Waals surface area (Å²) in [6, 6.07) is 7.77. The van der Waals surface area contributed by atoms with Crippen molar-refractivity contribution in [3.05, 3.63) is 40.2 Å². The van der Waals surface area contributed by atoms with Crippen LogP contribution in [0, 0.1) is 0 Å². The molecule has 0 aliphatic carbocycles. The van der Waals surface area contributed by atoms with Crippen LogP contribution in [-0.2, 0) is 6.42 Å². The monoisotopic (exact) mass is 302 g/mol. The summed E-state index contributed by atoms with van der Waals surface area (Å²) >= 11 is 0. The fraction of sp³-hybridized carbons (Fsp3) is 0.500. The first-order valence-electron chi connectivity index (χ1n) is 8.20. The Kier molecular flexibility index (Phi) is 6.31. The van der Waals surface area contributed by atoms with E-state index in [1.54, 1.807) is 7.11 Å². The molecule has 1 heterocycles. The van der Waals surface area contributed by atoms with Crippen LogP contribution in [0.15, 0.2) is 29.1 Å². The molecule has 0 bridgehead atoms. The molecule has 0 fully saturated rings. The summed E-state index contributed by atoms with van der Waals surface area (Å²) in [5.74, 6) is 0.819. The second-order valence-corrected chi connectivity index (χ2v) is 5.68. The maximum absolute atomic E-state index is 12.0. The summed E-state index contributed by atoms with van der Waals surface area (Å²) in [6.07, 6.45) is 8.20. The predicted octanol–water partition coefficient (Wildman–Crippen LogP) is 4.28. The first kappa shape index (κ1) is 16.4. The van der Waals surface area contributed by atoms with Gasteiger partial charge in [-0.2, -0.15) is 0 Å². The Morgan fingerprint density at radius 2 is 1.64 bits per heavy atom. The van der Waals surface area contributed by atoms with E-state index in [1.165, 1.54) is 32.1 Å². The second kappa shape index (κ2) is 8.47. The first-order chi connectivity index (χ1) is 10.8. The van der Waals surface area contributed by atoms with Gasteiger partial charge in [0.15, 0.2) is 0 Å². The molecule has 0 aliphatic heterocycles. The molecule has 120 valence electrons. The third-order valence-corrected chi connectivity index (χ3v) is 4.04. The molecule has 0 atom stereocenters. The molecule has 22 heavy (non-hydrogen) atoms. The van der Waals surface area contributed by atoms with Gasteiger partial charge < -0.3 is 4.74 Å². The largest absolute Gasteiger partial charge is 0.497 e. The lowest BCUT2D eigenvalue weighted by atomic mass is 10.0. The van der Waals surface area contributed by atoms with Gasteiger partial charge in [-0.25, -0.2) is 0 Å². The molecule has 0 amide bonds. The highest BCUT2D eigenvalue weighted by atomic mass is 16.5. The zero-order valence-corrected chi connectivity index (χ0v) is 13.6. The molecule has 1 aromatic carbocycles. The predicted molar refractivity (Wildman–Crippen MR) is 90.5 cm³/mol. The van der Waals surface area contributed by atoms with Crippen molar-refractivity contribution in [1.29, 1.82) is 0 Å². The highest BCUT2D eigenvalue weighted by molar-refractivity contribution is 5.63. The minimum absolute atomic E-state index is 0.000578. The van der Waals surface area contributed by atoms with Crippen LogP contribution >= 0.6 is 0 Å². The minimum atomic E-state index is -0.000578. The highest BCUT2D eigenvalue weighted by Crippen LogP contribution is 2.23. The Balaban J connectivity index is 1.99. The number of rotatable bonds is 9. The molecule has 0 spiro atoms. The smallest absolute Gasteiger partial charge is 0.267 e.